The van der Waals surface area contributed by atoms with Crippen LogP contribution >= 0.6 is 7.82 Å². The Labute approximate surface area is 176 Å². The number of phosphoric acid groups is 1. The van der Waals surface area contributed by atoms with Crippen LogP contribution in [0.25, 0.3) is 0 Å². The molecule has 2 unspecified atom stereocenters. The highest BCUT2D eigenvalue weighted by molar-refractivity contribution is 7.45. The lowest BCUT2D eigenvalue weighted by atomic mass is 10.0. The van der Waals surface area contributed by atoms with Gasteiger partial charge in [0.1, 0.15) is 12.7 Å². The smallest absolute Gasteiger partial charge is 0.319 e. The average Bonchev–Trinajstić information content (AvgIpc) is 2.68. The van der Waals surface area contributed by atoms with Gasteiger partial charge in [0.15, 0.2) is 0 Å². The highest BCUT2D eigenvalue weighted by atomic mass is 31.2. The molecule has 0 aromatic heterocycles. The molecule has 0 aliphatic rings. The Hall–Kier alpha value is -0.880. The first-order valence-corrected chi connectivity index (χ1v) is 12.5. The Morgan fingerprint density at radius 2 is 1.45 bits per heavy atom. The van der Waals surface area contributed by atoms with Crippen molar-refractivity contribution in [3.8, 4) is 0 Å². The number of aliphatic hydroxyl groups is 1. The second-order valence-corrected chi connectivity index (χ2v) is 8.71. The second kappa shape index (κ2) is 19.1. The van der Waals surface area contributed by atoms with E-state index in [0.717, 1.165) is 25.5 Å². The lowest BCUT2D eigenvalue weighted by Gasteiger charge is -2.22. The van der Waals surface area contributed by atoms with E-state index in [-0.39, 0.29) is 6.61 Å². The van der Waals surface area contributed by atoms with Crippen molar-refractivity contribution in [3.63, 3.8) is 0 Å². The number of phosphoric ester groups is 1. The van der Waals surface area contributed by atoms with Crippen molar-refractivity contribution in [2.45, 2.75) is 103 Å². The van der Waals surface area contributed by atoms with Crippen LogP contribution in [-0.4, -0.2) is 30.4 Å². The summed E-state index contributed by atoms with van der Waals surface area (Å²) >= 11 is 0. The lowest BCUT2D eigenvalue weighted by molar-refractivity contribution is -0.222. The number of carbonyl (C=O) groups is 1. The average molecular weight is 436 g/mol. The van der Waals surface area contributed by atoms with E-state index < -0.39 is 26.5 Å². The van der Waals surface area contributed by atoms with Crippen molar-refractivity contribution in [2.24, 2.45) is 0 Å². The fraction of sp³-hybridized carbons (Fsp3) is 0.857. The molecule has 8 heteroatoms. The molecule has 0 aromatic rings. The van der Waals surface area contributed by atoms with E-state index in [1.54, 1.807) is 0 Å². The maximum Gasteiger partial charge on any atom is 0.319 e. The lowest BCUT2D eigenvalue weighted by Crippen LogP contribution is -2.24. The molecule has 0 aromatic carbocycles. The van der Waals surface area contributed by atoms with Crippen molar-refractivity contribution in [3.05, 3.63) is 12.8 Å². The molecular formula is C21H40O7P-. The Balaban J connectivity index is 3.43. The van der Waals surface area contributed by atoms with E-state index in [0.29, 0.717) is 6.42 Å². The third-order valence-corrected chi connectivity index (χ3v) is 5.42. The van der Waals surface area contributed by atoms with Gasteiger partial charge in [0.2, 0.25) is 0 Å². The molecule has 0 radical (unpaired) electrons. The van der Waals surface area contributed by atoms with Gasteiger partial charge in [-0.2, -0.15) is 0 Å². The topological polar surface area (TPSA) is 105 Å². The van der Waals surface area contributed by atoms with Crippen LogP contribution in [0.5, 0.6) is 0 Å². The van der Waals surface area contributed by atoms with Gasteiger partial charge in [0.05, 0.1) is 12.9 Å². The highest BCUT2D eigenvalue weighted by Crippen LogP contribution is 2.38. The molecule has 0 amide bonds. The summed E-state index contributed by atoms with van der Waals surface area (Å²) in [5, 5.41) is 9.57. The Morgan fingerprint density at radius 1 is 0.966 bits per heavy atom. The third-order valence-electron chi connectivity index (χ3n) is 4.55. The number of unbranched alkanes of at least 4 members (excludes halogenated alkanes) is 12. The third kappa shape index (κ3) is 20.2. The minimum Gasteiger partial charge on any atom is -0.746 e. The predicted molar refractivity (Wildman–Crippen MR) is 112 cm³/mol. The van der Waals surface area contributed by atoms with Crippen LogP contribution in [0.1, 0.15) is 96.8 Å². The molecule has 29 heavy (non-hydrogen) atoms. The Kier molecular flexibility index (Phi) is 18.5. The molecular weight excluding hydrogens is 395 g/mol. The summed E-state index contributed by atoms with van der Waals surface area (Å²) in [7, 11) is -4.51. The predicted octanol–water partition coefficient (Wildman–Crippen LogP) is 5.02. The van der Waals surface area contributed by atoms with Gasteiger partial charge in [-0.05, 0) is 6.42 Å². The summed E-state index contributed by atoms with van der Waals surface area (Å²) in [5.41, 5.74) is 0. The first-order chi connectivity index (χ1) is 13.9. The first kappa shape index (κ1) is 28.1. The molecule has 0 saturated carbocycles. The van der Waals surface area contributed by atoms with Gasteiger partial charge in [-0.25, -0.2) is 0 Å². The number of aliphatic hydroxyl groups excluding tert-OH is 1. The zero-order valence-corrected chi connectivity index (χ0v) is 18.9. The molecule has 7 nitrogen and oxygen atoms in total. The molecule has 0 aliphatic heterocycles. The minimum atomic E-state index is -4.51. The van der Waals surface area contributed by atoms with E-state index >= 15 is 0 Å². The van der Waals surface area contributed by atoms with Crippen LogP contribution in [0.15, 0.2) is 12.8 Å². The number of hydrogen-bond donors (Lipinski definition) is 1. The maximum atomic E-state index is 11.6. The van der Waals surface area contributed by atoms with Gasteiger partial charge < -0.3 is 23.8 Å². The number of esters is 1. The van der Waals surface area contributed by atoms with E-state index in [1.165, 1.54) is 64.2 Å². The van der Waals surface area contributed by atoms with Crippen molar-refractivity contribution in [1.82, 2.24) is 0 Å². The van der Waals surface area contributed by atoms with Gasteiger partial charge in [0.25, 0.3) is 0 Å². The summed E-state index contributed by atoms with van der Waals surface area (Å²) < 4.78 is 24.6. The van der Waals surface area contributed by atoms with Gasteiger partial charge in [-0.1, -0.05) is 90.6 Å². The van der Waals surface area contributed by atoms with Crippen molar-refractivity contribution in [2.75, 3.05) is 13.2 Å². The molecule has 2 atom stereocenters. The fourth-order valence-electron chi connectivity index (χ4n) is 2.90. The van der Waals surface area contributed by atoms with Crippen LogP contribution in [0, 0.1) is 0 Å². The number of hydrogen-bond acceptors (Lipinski definition) is 7. The van der Waals surface area contributed by atoms with Gasteiger partial charge in [-0.15, -0.1) is 0 Å². The largest absolute Gasteiger partial charge is 0.746 e. The molecule has 0 rings (SSSR count). The van der Waals surface area contributed by atoms with Gasteiger partial charge >= 0.3 is 13.8 Å². The number of rotatable bonds is 21. The Bertz CT molecular complexity index is 456. The van der Waals surface area contributed by atoms with Crippen molar-refractivity contribution < 1.29 is 33.1 Å². The molecule has 0 aliphatic carbocycles. The van der Waals surface area contributed by atoms with Crippen LogP contribution in [-0.2, 0) is 23.1 Å². The van der Waals surface area contributed by atoms with Gasteiger partial charge in [-0.3, -0.25) is 9.36 Å². The van der Waals surface area contributed by atoms with Crippen LogP contribution in [0.2, 0.25) is 0 Å². The molecule has 0 bridgehead atoms. The second-order valence-electron chi connectivity index (χ2n) is 7.34. The normalized spacial score (nSPS) is 14.2. The van der Waals surface area contributed by atoms with Crippen LogP contribution in [0.4, 0.5) is 0 Å². The molecule has 0 heterocycles. The van der Waals surface area contributed by atoms with E-state index in [4.69, 9.17) is 4.74 Å². The SMILES string of the molecule is C=COP(=O)([O-])OCC(O)COC(=O)CCCCCCCCCCCCCCC. The molecule has 0 spiro atoms. The summed E-state index contributed by atoms with van der Waals surface area (Å²) in [4.78, 5) is 22.7. The highest BCUT2D eigenvalue weighted by Gasteiger charge is 2.14. The monoisotopic (exact) mass is 435 g/mol. The molecule has 0 saturated heterocycles. The fourth-order valence-corrected chi connectivity index (χ4v) is 3.49. The summed E-state index contributed by atoms with van der Waals surface area (Å²) in [5.74, 6) is -0.403. The Morgan fingerprint density at radius 3 is 1.93 bits per heavy atom. The first-order valence-electron chi connectivity index (χ1n) is 11.0. The van der Waals surface area contributed by atoms with Crippen LogP contribution in [0.3, 0.4) is 0 Å². The molecule has 1 N–H and O–H groups in total. The molecule has 172 valence electrons. The number of ether oxygens (including phenoxy) is 1. The van der Waals surface area contributed by atoms with E-state index in [2.05, 4.69) is 22.6 Å². The van der Waals surface area contributed by atoms with Gasteiger partial charge in [0, 0.05) is 6.42 Å². The zero-order valence-electron chi connectivity index (χ0n) is 18.0. The quantitative estimate of drug-likeness (QED) is 0.117. The van der Waals surface area contributed by atoms with E-state index in [9.17, 15) is 19.4 Å². The van der Waals surface area contributed by atoms with E-state index in [1.807, 2.05) is 0 Å². The number of carbonyl (C=O) groups excluding carboxylic acids is 1. The van der Waals surface area contributed by atoms with Crippen molar-refractivity contribution >= 4 is 13.8 Å². The van der Waals surface area contributed by atoms with Crippen molar-refractivity contribution in [1.29, 1.82) is 0 Å². The zero-order chi connectivity index (χ0) is 21.8. The summed E-state index contributed by atoms with van der Waals surface area (Å²) in [6.07, 6.45) is 15.8. The molecule has 0 fully saturated rings. The standard InChI is InChI=1S/C21H41O7P/c1-3-5-6-7-8-9-10-11-12-13-14-15-16-17-21(23)26-18-20(22)19-28-29(24,25)27-4-2/h4,20,22H,2-3,5-19H2,1H3,(H,24,25)/p-1. The minimum absolute atomic E-state index is 0.297. The maximum absolute atomic E-state index is 11.6. The van der Waals surface area contributed by atoms with Crippen LogP contribution < -0.4 is 4.89 Å². The summed E-state index contributed by atoms with van der Waals surface area (Å²) in [6.45, 7) is 4.49. The summed E-state index contributed by atoms with van der Waals surface area (Å²) in [6, 6.07) is 0.